The van der Waals surface area contributed by atoms with Crippen molar-refractivity contribution in [1.82, 2.24) is 4.90 Å². The van der Waals surface area contributed by atoms with E-state index in [-0.39, 0.29) is 29.4 Å². The van der Waals surface area contributed by atoms with Crippen molar-refractivity contribution in [3.8, 4) is 0 Å². The first kappa shape index (κ1) is 23.2. The predicted molar refractivity (Wildman–Crippen MR) is 124 cm³/mol. The molecule has 1 unspecified atom stereocenters. The largest absolute Gasteiger partial charge is 0.375 e. The SMILES string of the molecule is CCN(Cc1cccc(C)c1)C1(Cc2ccc(F)cc2)CCOC2(CCCC2)C1.Cl. The summed E-state index contributed by atoms with van der Waals surface area (Å²) in [7, 11) is 0. The molecule has 0 N–H and O–H groups in total. The van der Waals surface area contributed by atoms with E-state index in [2.05, 4.69) is 43.0 Å². The van der Waals surface area contributed by atoms with Gasteiger partial charge in [0.15, 0.2) is 0 Å². The topological polar surface area (TPSA) is 12.5 Å². The Bertz CT molecular complexity index is 818. The van der Waals surface area contributed by atoms with Gasteiger partial charge in [0.25, 0.3) is 0 Å². The number of halogens is 2. The van der Waals surface area contributed by atoms with Gasteiger partial charge in [0.2, 0.25) is 0 Å². The molecule has 1 saturated heterocycles. The number of benzene rings is 2. The second-order valence-electron chi connectivity index (χ2n) is 9.20. The first-order chi connectivity index (χ1) is 14.0. The minimum atomic E-state index is -0.158. The van der Waals surface area contributed by atoms with E-state index in [1.807, 2.05) is 12.1 Å². The Balaban J connectivity index is 0.00000256. The van der Waals surface area contributed by atoms with Crippen LogP contribution in [-0.4, -0.2) is 29.2 Å². The fraction of sp³-hybridized carbons (Fsp3) is 0.538. The number of likely N-dealkylation sites (N-methyl/N-ethyl adjacent to an activating group) is 1. The molecule has 4 heteroatoms. The third kappa shape index (κ3) is 5.07. The highest BCUT2D eigenvalue weighted by Crippen LogP contribution is 2.47. The molecule has 1 aliphatic carbocycles. The van der Waals surface area contributed by atoms with E-state index in [0.29, 0.717) is 0 Å². The molecule has 1 saturated carbocycles. The van der Waals surface area contributed by atoms with Crippen molar-refractivity contribution in [3.63, 3.8) is 0 Å². The Morgan fingerprint density at radius 3 is 2.40 bits per heavy atom. The molecule has 1 heterocycles. The lowest BCUT2D eigenvalue weighted by molar-refractivity contribution is -0.137. The molecule has 1 aliphatic heterocycles. The normalized spacial score (nSPS) is 22.9. The molecular formula is C26H35ClFNO. The van der Waals surface area contributed by atoms with Gasteiger partial charge in [-0.25, -0.2) is 4.39 Å². The van der Waals surface area contributed by atoms with Gasteiger partial charge < -0.3 is 4.74 Å². The lowest BCUT2D eigenvalue weighted by Gasteiger charge is -2.52. The molecule has 0 radical (unpaired) electrons. The van der Waals surface area contributed by atoms with Crippen molar-refractivity contribution in [2.24, 2.45) is 0 Å². The fourth-order valence-corrected chi connectivity index (χ4v) is 5.70. The second-order valence-corrected chi connectivity index (χ2v) is 9.20. The van der Waals surface area contributed by atoms with Crippen LogP contribution in [0.4, 0.5) is 4.39 Å². The average molecular weight is 432 g/mol. The lowest BCUT2D eigenvalue weighted by Crippen LogP contribution is -2.58. The number of ether oxygens (including phenoxy) is 1. The molecule has 0 aromatic heterocycles. The van der Waals surface area contributed by atoms with E-state index in [4.69, 9.17) is 4.74 Å². The zero-order valence-electron chi connectivity index (χ0n) is 18.3. The van der Waals surface area contributed by atoms with Crippen molar-refractivity contribution in [2.45, 2.75) is 76.5 Å². The van der Waals surface area contributed by atoms with Gasteiger partial charge in [-0.1, -0.05) is 61.7 Å². The van der Waals surface area contributed by atoms with Gasteiger partial charge in [-0.15, -0.1) is 12.4 Å². The summed E-state index contributed by atoms with van der Waals surface area (Å²) in [6.07, 6.45) is 7.98. The van der Waals surface area contributed by atoms with Crippen LogP contribution < -0.4 is 0 Å². The zero-order chi connectivity index (χ0) is 20.3. The predicted octanol–water partition coefficient (Wildman–Crippen LogP) is 6.48. The van der Waals surface area contributed by atoms with E-state index >= 15 is 0 Å². The minimum Gasteiger partial charge on any atom is -0.375 e. The molecule has 2 nitrogen and oxygen atoms in total. The van der Waals surface area contributed by atoms with E-state index < -0.39 is 0 Å². The molecule has 30 heavy (non-hydrogen) atoms. The quantitative estimate of drug-likeness (QED) is 0.518. The Hall–Kier alpha value is -1.42. The number of hydrogen-bond acceptors (Lipinski definition) is 2. The van der Waals surface area contributed by atoms with Crippen molar-refractivity contribution in [3.05, 3.63) is 71.0 Å². The maximum Gasteiger partial charge on any atom is 0.123 e. The van der Waals surface area contributed by atoms with Crippen LogP contribution in [0.2, 0.25) is 0 Å². The summed E-state index contributed by atoms with van der Waals surface area (Å²) in [5.41, 5.74) is 4.00. The summed E-state index contributed by atoms with van der Waals surface area (Å²) in [6.45, 7) is 7.22. The molecule has 1 atom stereocenters. The van der Waals surface area contributed by atoms with Crippen LogP contribution in [0.25, 0.3) is 0 Å². The molecule has 0 bridgehead atoms. The van der Waals surface area contributed by atoms with Crippen LogP contribution in [-0.2, 0) is 17.7 Å². The van der Waals surface area contributed by atoms with Gasteiger partial charge in [0.05, 0.1) is 5.60 Å². The monoisotopic (exact) mass is 431 g/mol. The van der Waals surface area contributed by atoms with Gasteiger partial charge in [-0.05, 0) is 68.8 Å². The van der Waals surface area contributed by atoms with Gasteiger partial charge in [-0.2, -0.15) is 0 Å². The highest BCUT2D eigenvalue weighted by atomic mass is 35.5. The van der Waals surface area contributed by atoms with Crippen molar-refractivity contribution in [1.29, 1.82) is 0 Å². The number of nitrogens with zero attached hydrogens (tertiary/aromatic N) is 1. The molecule has 1 spiro atoms. The highest BCUT2D eigenvalue weighted by Gasteiger charge is 2.49. The zero-order valence-corrected chi connectivity index (χ0v) is 19.1. The van der Waals surface area contributed by atoms with Gasteiger partial charge in [-0.3, -0.25) is 4.90 Å². The summed E-state index contributed by atoms with van der Waals surface area (Å²) >= 11 is 0. The van der Waals surface area contributed by atoms with Gasteiger partial charge >= 0.3 is 0 Å². The summed E-state index contributed by atoms with van der Waals surface area (Å²) in [5.74, 6) is -0.158. The number of hydrogen-bond donors (Lipinski definition) is 0. The molecule has 2 aromatic rings. The maximum atomic E-state index is 13.5. The van der Waals surface area contributed by atoms with Crippen LogP contribution in [0.5, 0.6) is 0 Å². The molecule has 2 aliphatic rings. The third-order valence-corrected chi connectivity index (χ3v) is 7.10. The first-order valence-electron chi connectivity index (χ1n) is 11.2. The Labute approximate surface area is 187 Å². The molecular weight excluding hydrogens is 397 g/mol. The Kier molecular flexibility index (Phi) is 7.60. The molecule has 0 amide bonds. The smallest absolute Gasteiger partial charge is 0.123 e. The number of aryl methyl sites for hydroxylation is 1. The summed E-state index contributed by atoms with van der Waals surface area (Å²) in [6, 6.07) is 16.0. The van der Waals surface area contributed by atoms with Crippen molar-refractivity contribution in [2.75, 3.05) is 13.2 Å². The van der Waals surface area contributed by atoms with Crippen molar-refractivity contribution < 1.29 is 9.13 Å². The Morgan fingerprint density at radius 2 is 1.73 bits per heavy atom. The van der Waals surface area contributed by atoms with Gasteiger partial charge in [0, 0.05) is 18.7 Å². The molecule has 2 fully saturated rings. The van der Waals surface area contributed by atoms with Gasteiger partial charge in [0.1, 0.15) is 5.82 Å². The second kappa shape index (κ2) is 9.80. The highest BCUT2D eigenvalue weighted by molar-refractivity contribution is 5.85. The van der Waals surface area contributed by atoms with Crippen LogP contribution in [0.1, 0.15) is 62.1 Å². The standard InChI is InChI=1S/C26H34FNO.ClH/c1-3-28(19-23-8-6-7-21(2)17-23)25(18-22-9-11-24(27)12-10-22)15-16-29-26(20-25)13-4-5-14-26;/h6-12,17H,3-5,13-16,18-20H2,1-2H3;1H. The maximum absolute atomic E-state index is 13.5. The summed E-state index contributed by atoms with van der Waals surface area (Å²) in [5, 5.41) is 0. The summed E-state index contributed by atoms with van der Waals surface area (Å²) < 4.78 is 19.9. The van der Waals surface area contributed by atoms with Crippen molar-refractivity contribution >= 4 is 12.4 Å². The van der Waals surface area contributed by atoms with E-state index in [0.717, 1.165) is 39.0 Å². The molecule has 4 rings (SSSR count). The average Bonchev–Trinajstić information content (AvgIpc) is 3.15. The number of rotatable bonds is 6. The van der Waals surface area contributed by atoms with E-state index in [1.54, 1.807) is 12.1 Å². The minimum absolute atomic E-state index is 0. The first-order valence-corrected chi connectivity index (χ1v) is 11.2. The lowest BCUT2D eigenvalue weighted by atomic mass is 9.73. The van der Waals surface area contributed by atoms with Crippen LogP contribution in [0.15, 0.2) is 48.5 Å². The Morgan fingerprint density at radius 1 is 1.00 bits per heavy atom. The van der Waals surface area contributed by atoms with Crippen LogP contribution in [0, 0.1) is 12.7 Å². The van der Waals surface area contributed by atoms with Crippen LogP contribution >= 0.6 is 12.4 Å². The summed E-state index contributed by atoms with van der Waals surface area (Å²) in [4.78, 5) is 2.67. The third-order valence-electron chi connectivity index (χ3n) is 7.10. The molecule has 2 aromatic carbocycles. The van der Waals surface area contributed by atoms with Crippen LogP contribution in [0.3, 0.4) is 0 Å². The molecule has 164 valence electrons. The fourth-order valence-electron chi connectivity index (χ4n) is 5.70. The van der Waals surface area contributed by atoms with E-state index in [1.165, 1.54) is 42.4 Å². The van der Waals surface area contributed by atoms with E-state index in [9.17, 15) is 4.39 Å².